The highest BCUT2D eigenvalue weighted by Crippen LogP contribution is 2.23. The molecular formula is C18H17FN2O3S. The van der Waals surface area contributed by atoms with Crippen molar-refractivity contribution in [3.63, 3.8) is 0 Å². The summed E-state index contributed by atoms with van der Waals surface area (Å²) in [6.45, 7) is 1.36. The largest absolute Gasteiger partial charge is 0.355 e. The molecule has 0 bridgehead atoms. The molecule has 0 saturated heterocycles. The van der Waals surface area contributed by atoms with Gasteiger partial charge in [-0.05, 0) is 31.2 Å². The maximum Gasteiger partial charge on any atom is 0.253 e. The summed E-state index contributed by atoms with van der Waals surface area (Å²) < 4.78 is 13.9. The lowest BCUT2D eigenvalue weighted by atomic mass is 10.1. The molecule has 0 heterocycles. The first-order valence-corrected chi connectivity index (χ1v) is 8.45. The van der Waals surface area contributed by atoms with Gasteiger partial charge < -0.3 is 10.6 Å². The fourth-order valence-electron chi connectivity index (χ4n) is 2.09. The van der Waals surface area contributed by atoms with Gasteiger partial charge in [-0.1, -0.05) is 18.2 Å². The second-order valence-corrected chi connectivity index (χ2v) is 6.18. The van der Waals surface area contributed by atoms with Gasteiger partial charge in [0.1, 0.15) is 5.82 Å². The van der Waals surface area contributed by atoms with Crippen LogP contribution >= 0.6 is 11.8 Å². The highest BCUT2D eigenvalue weighted by molar-refractivity contribution is 8.00. The zero-order valence-electron chi connectivity index (χ0n) is 13.8. The van der Waals surface area contributed by atoms with Crippen LogP contribution in [0.4, 0.5) is 10.1 Å². The van der Waals surface area contributed by atoms with Crippen molar-refractivity contribution in [1.82, 2.24) is 5.32 Å². The van der Waals surface area contributed by atoms with Gasteiger partial charge in [-0.2, -0.15) is 0 Å². The van der Waals surface area contributed by atoms with E-state index in [0.717, 1.165) is 17.8 Å². The molecular weight excluding hydrogens is 343 g/mol. The number of amides is 2. The number of carbonyl (C=O) groups is 3. The molecule has 0 saturated carbocycles. The average Bonchev–Trinajstić information content (AvgIpc) is 2.60. The number of ketones is 1. The van der Waals surface area contributed by atoms with Gasteiger partial charge >= 0.3 is 0 Å². The summed E-state index contributed by atoms with van der Waals surface area (Å²) in [4.78, 5) is 35.4. The molecule has 2 aromatic rings. The Kier molecular flexibility index (Phi) is 6.30. The normalized spacial score (nSPS) is 10.2. The van der Waals surface area contributed by atoms with Crippen LogP contribution in [-0.2, 0) is 4.79 Å². The maximum atomic E-state index is 13.9. The number of carbonyl (C=O) groups excluding carboxylic acids is 3. The molecule has 0 aliphatic heterocycles. The molecule has 0 radical (unpaired) electrons. The molecule has 0 spiro atoms. The summed E-state index contributed by atoms with van der Waals surface area (Å²) in [5.74, 6) is -1.47. The number of nitrogens with one attached hydrogen (secondary N) is 2. The minimum atomic E-state index is -0.545. The Morgan fingerprint density at radius 1 is 1.12 bits per heavy atom. The number of rotatable bonds is 6. The van der Waals surface area contributed by atoms with Gasteiger partial charge in [0, 0.05) is 17.5 Å². The van der Waals surface area contributed by atoms with Crippen molar-refractivity contribution in [2.75, 3.05) is 18.1 Å². The SMILES string of the molecule is CNC(=O)c1ccccc1NC(=O)CSc1ccc(C(C)=O)cc1F. The number of hydrogen-bond acceptors (Lipinski definition) is 4. The van der Waals surface area contributed by atoms with Crippen LogP contribution in [0.3, 0.4) is 0 Å². The maximum absolute atomic E-state index is 13.9. The van der Waals surface area contributed by atoms with E-state index in [0.29, 0.717) is 11.3 Å². The molecule has 0 fully saturated rings. The van der Waals surface area contributed by atoms with E-state index in [4.69, 9.17) is 0 Å². The number of anilines is 1. The summed E-state index contributed by atoms with van der Waals surface area (Å²) in [7, 11) is 1.50. The highest BCUT2D eigenvalue weighted by atomic mass is 32.2. The predicted molar refractivity (Wildman–Crippen MR) is 95.6 cm³/mol. The molecule has 2 amide bonds. The van der Waals surface area contributed by atoms with Crippen LogP contribution in [0.25, 0.3) is 0 Å². The van der Waals surface area contributed by atoms with Crippen molar-refractivity contribution in [3.8, 4) is 0 Å². The van der Waals surface area contributed by atoms with Gasteiger partial charge in [0.2, 0.25) is 5.91 Å². The predicted octanol–water partition coefficient (Wildman–Crippen LogP) is 3.12. The number of thioether (sulfide) groups is 1. The Balaban J connectivity index is 2.02. The van der Waals surface area contributed by atoms with Crippen LogP contribution in [0.15, 0.2) is 47.4 Å². The van der Waals surface area contributed by atoms with Crippen molar-refractivity contribution in [3.05, 3.63) is 59.4 Å². The van der Waals surface area contributed by atoms with Crippen LogP contribution < -0.4 is 10.6 Å². The molecule has 0 aliphatic rings. The third kappa shape index (κ3) is 4.90. The zero-order chi connectivity index (χ0) is 18.4. The number of benzene rings is 2. The molecule has 130 valence electrons. The van der Waals surface area contributed by atoms with E-state index < -0.39 is 5.82 Å². The Morgan fingerprint density at radius 3 is 2.48 bits per heavy atom. The lowest BCUT2D eigenvalue weighted by Gasteiger charge is -2.10. The molecule has 2 N–H and O–H groups in total. The first kappa shape index (κ1) is 18.7. The molecule has 0 aromatic heterocycles. The number of hydrogen-bond donors (Lipinski definition) is 2. The standard InChI is InChI=1S/C18H17FN2O3S/c1-11(22)12-7-8-16(14(19)9-12)25-10-17(23)21-15-6-4-3-5-13(15)18(24)20-2/h3-9H,10H2,1-2H3,(H,20,24)(H,21,23). The van der Waals surface area contributed by atoms with Gasteiger partial charge in [0.05, 0.1) is 17.0 Å². The first-order valence-electron chi connectivity index (χ1n) is 7.46. The minimum Gasteiger partial charge on any atom is -0.355 e. The Morgan fingerprint density at radius 2 is 1.84 bits per heavy atom. The minimum absolute atomic E-state index is 0.0293. The lowest BCUT2D eigenvalue weighted by molar-refractivity contribution is -0.113. The molecule has 0 aliphatic carbocycles. The fraction of sp³-hybridized carbons (Fsp3) is 0.167. The molecule has 5 nitrogen and oxygen atoms in total. The smallest absolute Gasteiger partial charge is 0.253 e. The van der Waals surface area contributed by atoms with E-state index in [1.165, 1.54) is 26.1 Å². The quantitative estimate of drug-likeness (QED) is 0.613. The zero-order valence-corrected chi connectivity index (χ0v) is 14.6. The molecule has 2 aromatic carbocycles. The second kappa shape index (κ2) is 8.43. The van der Waals surface area contributed by atoms with E-state index in [-0.39, 0.29) is 33.8 Å². The summed E-state index contributed by atoms with van der Waals surface area (Å²) >= 11 is 1.02. The Bertz CT molecular complexity index is 824. The molecule has 0 unspecified atom stereocenters. The van der Waals surface area contributed by atoms with Gasteiger partial charge in [-0.25, -0.2) is 4.39 Å². The third-order valence-corrected chi connectivity index (χ3v) is 4.42. The van der Waals surface area contributed by atoms with Crippen LogP contribution in [0.1, 0.15) is 27.6 Å². The van der Waals surface area contributed by atoms with Crippen LogP contribution in [0, 0.1) is 5.82 Å². The van der Waals surface area contributed by atoms with Gasteiger partial charge in [0.15, 0.2) is 5.78 Å². The summed E-state index contributed by atoms with van der Waals surface area (Å²) in [6, 6.07) is 10.8. The van der Waals surface area contributed by atoms with Crippen LogP contribution in [-0.4, -0.2) is 30.4 Å². The van der Waals surface area contributed by atoms with Gasteiger partial charge in [0.25, 0.3) is 5.91 Å². The summed E-state index contributed by atoms with van der Waals surface area (Å²) in [5, 5.41) is 5.15. The highest BCUT2D eigenvalue weighted by Gasteiger charge is 2.13. The van der Waals surface area contributed by atoms with E-state index in [1.807, 2.05) is 0 Å². The number of para-hydroxylation sites is 1. The van der Waals surface area contributed by atoms with E-state index in [9.17, 15) is 18.8 Å². The van der Waals surface area contributed by atoms with Crippen LogP contribution in [0.5, 0.6) is 0 Å². The summed E-state index contributed by atoms with van der Waals surface area (Å²) in [6.07, 6.45) is 0. The van der Waals surface area contributed by atoms with Gasteiger partial charge in [-0.15, -0.1) is 11.8 Å². The van der Waals surface area contributed by atoms with E-state index in [2.05, 4.69) is 10.6 Å². The number of Topliss-reactive ketones (excluding diaryl/α,β-unsaturated/α-hetero) is 1. The lowest BCUT2D eigenvalue weighted by Crippen LogP contribution is -2.22. The second-order valence-electron chi connectivity index (χ2n) is 5.16. The summed E-state index contributed by atoms with van der Waals surface area (Å²) in [5.41, 5.74) is 1.02. The molecule has 0 atom stereocenters. The van der Waals surface area contributed by atoms with E-state index >= 15 is 0 Å². The van der Waals surface area contributed by atoms with Crippen molar-refractivity contribution < 1.29 is 18.8 Å². The average molecular weight is 360 g/mol. The van der Waals surface area contributed by atoms with Crippen molar-refractivity contribution in [2.24, 2.45) is 0 Å². The third-order valence-electron chi connectivity index (χ3n) is 3.37. The first-order chi connectivity index (χ1) is 11.9. The topological polar surface area (TPSA) is 75.3 Å². The van der Waals surface area contributed by atoms with Crippen molar-refractivity contribution >= 4 is 35.0 Å². The Hall–Kier alpha value is -2.67. The van der Waals surface area contributed by atoms with Crippen molar-refractivity contribution in [2.45, 2.75) is 11.8 Å². The van der Waals surface area contributed by atoms with Gasteiger partial charge in [-0.3, -0.25) is 14.4 Å². The molecule has 2 rings (SSSR count). The fourth-order valence-corrected chi connectivity index (χ4v) is 2.81. The number of halogens is 1. The van der Waals surface area contributed by atoms with E-state index in [1.54, 1.807) is 24.3 Å². The Labute approximate surface area is 149 Å². The molecule has 7 heteroatoms. The van der Waals surface area contributed by atoms with Crippen molar-refractivity contribution in [1.29, 1.82) is 0 Å². The molecule has 25 heavy (non-hydrogen) atoms. The monoisotopic (exact) mass is 360 g/mol. The van der Waals surface area contributed by atoms with Crippen LogP contribution in [0.2, 0.25) is 0 Å².